The van der Waals surface area contributed by atoms with E-state index < -0.39 is 0 Å². The van der Waals surface area contributed by atoms with E-state index in [0.717, 1.165) is 11.1 Å². The summed E-state index contributed by atoms with van der Waals surface area (Å²) in [7, 11) is 0. The number of rotatable bonds is 4. The van der Waals surface area contributed by atoms with Gasteiger partial charge in [0.25, 0.3) is 0 Å². The van der Waals surface area contributed by atoms with Gasteiger partial charge in [-0.2, -0.15) is 0 Å². The second kappa shape index (κ2) is 6.76. The topological polar surface area (TPSA) is 38.0 Å². The molecule has 0 spiro atoms. The van der Waals surface area contributed by atoms with E-state index in [4.69, 9.17) is 5.84 Å². The molecular weight excluding hydrogens is 394 g/mol. The zero-order chi connectivity index (χ0) is 14.7. The van der Waals surface area contributed by atoms with Gasteiger partial charge in [0.05, 0.1) is 10.5 Å². The van der Waals surface area contributed by atoms with Crippen LogP contribution < -0.4 is 11.3 Å². The van der Waals surface area contributed by atoms with Gasteiger partial charge in [-0.1, -0.05) is 34.1 Å². The van der Waals surface area contributed by atoms with Crippen LogP contribution in [0.2, 0.25) is 0 Å². The molecule has 0 aliphatic rings. The minimum absolute atomic E-state index is 0.261. The first-order chi connectivity index (χ1) is 9.52. The van der Waals surface area contributed by atoms with Crippen LogP contribution in [0.5, 0.6) is 0 Å². The van der Waals surface area contributed by atoms with Crippen molar-refractivity contribution in [2.24, 2.45) is 5.84 Å². The van der Waals surface area contributed by atoms with Crippen LogP contribution >= 0.6 is 31.9 Å². The maximum Gasteiger partial charge on any atom is 0.137 e. The average Bonchev–Trinajstić information content (AvgIpc) is 2.41. The molecule has 0 aromatic heterocycles. The molecule has 6 heteroatoms. The lowest BCUT2D eigenvalue weighted by Crippen LogP contribution is -2.30. The molecule has 0 saturated carbocycles. The van der Waals surface area contributed by atoms with Gasteiger partial charge in [-0.15, -0.1) is 0 Å². The summed E-state index contributed by atoms with van der Waals surface area (Å²) < 4.78 is 27.7. The maximum atomic E-state index is 13.5. The minimum Gasteiger partial charge on any atom is -0.271 e. The van der Waals surface area contributed by atoms with Crippen LogP contribution in [0.1, 0.15) is 17.2 Å². The first-order valence-corrected chi connectivity index (χ1v) is 7.45. The Bertz CT molecular complexity index is 620. The number of benzene rings is 2. The Hall–Kier alpha value is -0.820. The zero-order valence-corrected chi connectivity index (χ0v) is 13.5. The van der Waals surface area contributed by atoms with Gasteiger partial charge in [0.1, 0.15) is 11.6 Å². The third kappa shape index (κ3) is 3.44. The Labute approximate surface area is 132 Å². The zero-order valence-electron chi connectivity index (χ0n) is 10.3. The van der Waals surface area contributed by atoms with E-state index in [2.05, 4.69) is 37.3 Å². The van der Waals surface area contributed by atoms with Gasteiger partial charge in [-0.3, -0.25) is 11.3 Å². The van der Waals surface area contributed by atoms with Crippen molar-refractivity contribution >= 4 is 31.9 Å². The molecule has 0 heterocycles. The molecule has 0 aliphatic heterocycles. The number of hydrazine groups is 1. The molecule has 1 unspecified atom stereocenters. The van der Waals surface area contributed by atoms with E-state index in [1.165, 1.54) is 18.2 Å². The maximum absolute atomic E-state index is 13.5. The van der Waals surface area contributed by atoms with Crippen LogP contribution in [0.4, 0.5) is 8.78 Å². The van der Waals surface area contributed by atoms with Gasteiger partial charge in [0.15, 0.2) is 0 Å². The first kappa shape index (κ1) is 15.6. The highest BCUT2D eigenvalue weighted by atomic mass is 79.9. The molecule has 0 saturated heterocycles. The molecule has 1 atom stereocenters. The molecule has 0 radical (unpaired) electrons. The van der Waals surface area contributed by atoms with Gasteiger partial charge in [0.2, 0.25) is 0 Å². The lowest BCUT2D eigenvalue weighted by atomic mass is 9.99. The fraction of sp³-hybridized carbons (Fsp3) is 0.143. The van der Waals surface area contributed by atoms with Gasteiger partial charge < -0.3 is 0 Å². The van der Waals surface area contributed by atoms with E-state index in [0.29, 0.717) is 15.4 Å². The van der Waals surface area contributed by atoms with E-state index in [1.54, 1.807) is 12.1 Å². The number of nitrogens with one attached hydrogen (secondary N) is 1. The van der Waals surface area contributed by atoms with Crippen molar-refractivity contribution in [2.75, 3.05) is 0 Å². The monoisotopic (exact) mass is 404 g/mol. The van der Waals surface area contributed by atoms with Crippen LogP contribution in [0.3, 0.4) is 0 Å². The normalized spacial score (nSPS) is 12.4. The Morgan fingerprint density at radius 3 is 2.55 bits per heavy atom. The molecule has 2 aromatic carbocycles. The molecule has 20 heavy (non-hydrogen) atoms. The number of halogens is 4. The predicted molar refractivity (Wildman–Crippen MR) is 82.0 cm³/mol. The molecule has 0 bridgehead atoms. The molecule has 2 aromatic rings. The van der Waals surface area contributed by atoms with Gasteiger partial charge in [0, 0.05) is 4.47 Å². The van der Waals surface area contributed by atoms with E-state index in [-0.39, 0.29) is 17.7 Å². The summed E-state index contributed by atoms with van der Waals surface area (Å²) in [4.78, 5) is 0. The number of hydrogen-bond donors (Lipinski definition) is 2. The summed E-state index contributed by atoms with van der Waals surface area (Å²) in [5.74, 6) is 4.92. The lowest BCUT2D eigenvalue weighted by molar-refractivity contribution is 0.542. The van der Waals surface area contributed by atoms with Crippen molar-refractivity contribution in [1.82, 2.24) is 5.43 Å². The summed E-state index contributed by atoms with van der Waals surface area (Å²) in [6, 6.07) is 8.97. The Balaban J connectivity index is 2.31. The van der Waals surface area contributed by atoms with Crippen molar-refractivity contribution in [1.29, 1.82) is 0 Å². The Morgan fingerprint density at radius 2 is 1.90 bits per heavy atom. The van der Waals surface area contributed by atoms with Crippen molar-refractivity contribution in [2.45, 2.75) is 12.5 Å². The van der Waals surface area contributed by atoms with Crippen LogP contribution in [-0.2, 0) is 6.42 Å². The molecule has 0 fully saturated rings. The van der Waals surface area contributed by atoms with Crippen LogP contribution in [0.15, 0.2) is 45.3 Å². The second-order valence-corrected chi connectivity index (χ2v) is 5.95. The standard InChI is InChI=1S/C14H12Br2F2N2/c15-11-7-9(17)4-5-10(11)13(20-19)6-8-2-1-3-12(18)14(8)16/h1-5,7,13,20H,6,19H2. The Kier molecular flexibility index (Phi) is 5.26. The number of hydrogen-bond acceptors (Lipinski definition) is 2. The third-order valence-corrected chi connectivity index (χ3v) is 4.57. The van der Waals surface area contributed by atoms with Crippen LogP contribution in [-0.4, -0.2) is 0 Å². The van der Waals surface area contributed by atoms with Gasteiger partial charge in [-0.25, -0.2) is 8.78 Å². The smallest absolute Gasteiger partial charge is 0.137 e. The lowest BCUT2D eigenvalue weighted by Gasteiger charge is -2.19. The van der Waals surface area contributed by atoms with Crippen LogP contribution in [0.25, 0.3) is 0 Å². The molecule has 2 nitrogen and oxygen atoms in total. The summed E-state index contributed by atoms with van der Waals surface area (Å²) in [6.07, 6.45) is 0.471. The molecular formula is C14H12Br2F2N2. The molecule has 0 amide bonds. The van der Waals surface area contributed by atoms with E-state index in [1.807, 2.05) is 6.07 Å². The van der Waals surface area contributed by atoms with Crippen molar-refractivity contribution < 1.29 is 8.78 Å². The molecule has 106 valence electrons. The second-order valence-electron chi connectivity index (χ2n) is 4.30. The Morgan fingerprint density at radius 1 is 1.15 bits per heavy atom. The fourth-order valence-electron chi connectivity index (χ4n) is 1.97. The quantitative estimate of drug-likeness (QED) is 0.589. The fourth-order valence-corrected chi connectivity index (χ4v) is 3.02. The first-order valence-electron chi connectivity index (χ1n) is 5.87. The van der Waals surface area contributed by atoms with E-state index >= 15 is 0 Å². The average molecular weight is 406 g/mol. The summed E-state index contributed by atoms with van der Waals surface area (Å²) in [5.41, 5.74) is 4.27. The SMILES string of the molecule is NNC(Cc1cccc(F)c1Br)c1ccc(F)cc1Br. The molecule has 3 N–H and O–H groups in total. The minimum atomic E-state index is -0.330. The van der Waals surface area contributed by atoms with Crippen molar-refractivity contribution in [3.63, 3.8) is 0 Å². The highest BCUT2D eigenvalue weighted by Gasteiger charge is 2.16. The highest BCUT2D eigenvalue weighted by molar-refractivity contribution is 9.10. The highest BCUT2D eigenvalue weighted by Crippen LogP contribution is 2.29. The van der Waals surface area contributed by atoms with Crippen molar-refractivity contribution in [3.8, 4) is 0 Å². The summed E-state index contributed by atoms with van der Waals surface area (Å²) in [6.45, 7) is 0. The summed E-state index contributed by atoms with van der Waals surface area (Å²) >= 11 is 6.54. The van der Waals surface area contributed by atoms with Crippen molar-refractivity contribution in [3.05, 3.63) is 68.1 Å². The van der Waals surface area contributed by atoms with Gasteiger partial charge >= 0.3 is 0 Å². The van der Waals surface area contributed by atoms with E-state index in [9.17, 15) is 8.78 Å². The number of nitrogens with two attached hydrogens (primary N) is 1. The molecule has 0 aliphatic carbocycles. The largest absolute Gasteiger partial charge is 0.271 e. The molecule has 2 rings (SSSR count). The predicted octanol–water partition coefficient (Wildman–Crippen LogP) is 4.24. The van der Waals surface area contributed by atoms with Crippen LogP contribution in [0, 0.1) is 11.6 Å². The van der Waals surface area contributed by atoms with Gasteiger partial charge in [-0.05, 0) is 51.7 Å². The third-order valence-electron chi connectivity index (χ3n) is 2.99. The summed E-state index contributed by atoms with van der Waals surface area (Å²) in [5, 5.41) is 0.